The van der Waals surface area contributed by atoms with Gasteiger partial charge in [0.1, 0.15) is 5.54 Å². The summed E-state index contributed by atoms with van der Waals surface area (Å²) in [6, 6.07) is 0.0160. The van der Waals surface area contributed by atoms with Gasteiger partial charge in [0.25, 0.3) is 0 Å². The van der Waals surface area contributed by atoms with E-state index in [0.29, 0.717) is 10.9 Å². The van der Waals surface area contributed by atoms with Gasteiger partial charge in [0.05, 0.1) is 0 Å². The average Bonchev–Trinajstić information content (AvgIpc) is 3.14. The van der Waals surface area contributed by atoms with E-state index < -0.39 is 5.54 Å². The lowest BCUT2D eigenvalue weighted by Gasteiger charge is -2.29. The van der Waals surface area contributed by atoms with Gasteiger partial charge in [-0.15, -0.1) is 5.10 Å². The van der Waals surface area contributed by atoms with Crippen LogP contribution in [0.3, 0.4) is 0 Å². The number of hydrogen-bond donors (Lipinski definition) is 3. The average molecular weight is 299 g/mol. The number of primary amides is 1. The lowest BCUT2D eigenvalue weighted by molar-refractivity contribution is -0.124. The van der Waals surface area contributed by atoms with E-state index in [1.165, 1.54) is 11.8 Å². The Kier molecular flexibility index (Phi) is 4.24. The second-order valence-electron chi connectivity index (χ2n) is 5.42. The first-order valence-electron chi connectivity index (χ1n) is 6.71. The predicted octanol–water partition coefficient (Wildman–Crippen LogP) is 0.0979. The molecule has 0 aromatic carbocycles. The van der Waals surface area contributed by atoms with E-state index >= 15 is 0 Å². The molecule has 8 heteroatoms. The van der Waals surface area contributed by atoms with Crippen molar-refractivity contribution in [2.24, 2.45) is 11.7 Å². The number of hydrogen-bond acceptors (Lipinski definition) is 5. The molecule has 1 unspecified atom stereocenters. The maximum Gasteiger partial charge on any atom is 0.344 e. The number of likely N-dealkylation sites (N-methyl/N-ethyl adjacent to an activating group) is 1. The van der Waals surface area contributed by atoms with Crippen molar-refractivity contribution in [2.45, 2.75) is 43.4 Å². The van der Waals surface area contributed by atoms with Crippen LogP contribution in [0.4, 0.5) is 0 Å². The van der Waals surface area contributed by atoms with Crippen molar-refractivity contribution >= 4 is 17.7 Å². The standard InChI is InChI=1S/C12H21N5O2S/c1-7(2)17-10(19)15-16-11(17)20-6-12(14-3,9(13)18)8-4-5-8/h7-8,14H,4-6H2,1-3H3,(H2,13,18)(H,15,19). The topological polar surface area (TPSA) is 106 Å². The minimum atomic E-state index is -0.721. The fraction of sp³-hybridized carbons (Fsp3) is 0.750. The Morgan fingerprint density at radius 3 is 2.75 bits per heavy atom. The number of H-pyrrole nitrogens is 1. The lowest BCUT2D eigenvalue weighted by Crippen LogP contribution is -2.58. The third-order valence-corrected chi connectivity index (χ3v) is 4.92. The van der Waals surface area contributed by atoms with Gasteiger partial charge in [0, 0.05) is 11.8 Å². The highest BCUT2D eigenvalue weighted by Crippen LogP contribution is 2.42. The Bertz CT molecular complexity index is 548. The molecule has 1 aromatic heterocycles. The minimum absolute atomic E-state index is 0.0160. The summed E-state index contributed by atoms with van der Waals surface area (Å²) in [6.45, 7) is 3.84. The van der Waals surface area contributed by atoms with Crippen LogP contribution in [0.15, 0.2) is 9.95 Å². The van der Waals surface area contributed by atoms with E-state index in [1.807, 2.05) is 13.8 Å². The zero-order valence-electron chi connectivity index (χ0n) is 12.0. The molecule has 1 saturated carbocycles. The maximum absolute atomic E-state index is 11.8. The van der Waals surface area contributed by atoms with Crippen LogP contribution in [-0.2, 0) is 4.79 Å². The van der Waals surface area contributed by atoms with Crippen LogP contribution in [0.2, 0.25) is 0 Å². The molecule has 1 aromatic rings. The molecule has 4 N–H and O–H groups in total. The third kappa shape index (κ3) is 2.62. The van der Waals surface area contributed by atoms with Gasteiger partial charge in [-0.1, -0.05) is 11.8 Å². The van der Waals surface area contributed by atoms with Crippen LogP contribution >= 0.6 is 11.8 Å². The molecule has 1 heterocycles. The normalized spacial score (nSPS) is 18.2. The summed E-state index contributed by atoms with van der Waals surface area (Å²) in [4.78, 5) is 23.5. The number of carbonyl (C=O) groups is 1. The monoisotopic (exact) mass is 299 g/mol. The Balaban J connectivity index is 2.18. The number of nitrogens with one attached hydrogen (secondary N) is 2. The zero-order valence-corrected chi connectivity index (χ0v) is 12.8. The van der Waals surface area contributed by atoms with E-state index in [9.17, 15) is 9.59 Å². The number of nitrogens with two attached hydrogens (primary N) is 1. The number of carbonyl (C=O) groups excluding carboxylic acids is 1. The quantitative estimate of drug-likeness (QED) is 0.619. The number of amides is 1. The number of thioether (sulfide) groups is 1. The van der Waals surface area contributed by atoms with Crippen LogP contribution in [0.1, 0.15) is 32.7 Å². The minimum Gasteiger partial charge on any atom is -0.368 e. The van der Waals surface area contributed by atoms with Crippen molar-refractivity contribution in [3.05, 3.63) is 10.5 Å². The van der Waals surface area contributed by atoms with E-state index in [2.05, 4.69) is 15.5 Å². The van der Waals surface area contributed by atoms with Crippen LogP contribution in [0.25, 0.3) is 0 Å². The van der Waals surface area contributed by atoms with Crippen molar-refractivity contribution in [1.82, 2.24) is 20.1 Å². The summed E-state index contributed by atoms with van der Waals surface area (Å²) in [6.07, 6.45) is 2.00. The summed E-state index contributed by atoms with van der Waals surface area (Å²) < 4.78 is 1.58. The summed E-state index contributed by atoms with van der Waals surface area (Å²) in [5.74, 6) is 0.403. The summed E-state index contributed by atoms with van der Waals surface area (Å²) >= 11 is 1.38. The van der Waals surface area contributed by atoms with Crippen molar-refractivity contribution in [1.29, 1.82) is 0 Å². The number of aromatic nitrogens is 3. The summed E-state index contributed by atoms with van der Waals surface area (Å²) in [7, 11) is 1.75. The van der Waals surface area contributed by atoms with Gasteiger partial charge in [0.15, 0.2) is 5.16 Å². The van der Waals surface area contributed by atoms with E-state index in [4.69, 9.17) is 5.73 Å². The first kappa shape index (κ1) is 15.1. The second kappa shape index (κ2) is 5.61. The first-order chi connectivity index (χ1) is 9.42. The van der Waals surface area contributed by atoms with Gasteiger partial charge in [-0.2, -0.15) is 0 Å². The fourth-order valence-corrected chi connectivity index (χ4v) is 3.81. The molecule has 7 nitrogen and oxygen atoms in total. The maximum atomic E-state index is 11.8. The fourth-order valence-electron chi connectivity index (χ4n) is 2.39. The zero-order chi connectivity index (χ0) is 14.9. The molecule has 1 aliphatic carbocycles. The van der Waals surface area contributed by atoms with Gasteiger partial charge < -0.3 is 11.1 Å². The van der Waals surface area contributed by atoms with Gasteiger partial charge in [0.2, 0.25) is 5.91 Å². The highest BCUT2D eigenvalue weighted by atomic mass is 32.2. The number of rotatable bonds is 7. The molecule has 0 spiro atoms. The third-order valence-electron chi connectivity index (χ3n) is 3.78. The molecule has 2 rings (SSSR count). The van der Waals surface area contributed by atoms with Gasteiger partial charge in [-0.25, -0.2) is 9.89 Å². The van der Waals surface area contributed by atoms with Gasteiger partial charge >= 0.3 is 5.69 Å². The molecule has 20 heavy (non-hydrogen) atoms. The molecule has 0 radical (unpaired) electrons. The first-order valence-corrected chi connectivity index (χ1v) is 7.69. The van der Waals surface area contributed by atoms with Crippen LogP contribution in [0.5, 0.6) is 0 Å². The molecule has 1 amide bonds. The highest BCUT2D eigenvalue weighted by molar-refractivity contribution is 7.99. The van der Waals surface area contributed by atoms with Gasteiger partial charge in [-0.05, 0) is 39.7 Å². The van der Waals surface area contributed by atoms with E-state index in [0.717, 1.165) is 12.8 Å². The van der Waals surface area contributed by atoms with Crippen molar-refractivity contribution < 1.29 is 4.79 Å². The van der Waals surface area contributed by atoms with Gasteiger partial charge in [-0.3, -0.25) is 9.36 Å². The Morgan fingerprint density at radius 2 is 2.30 bits per heavy atom. The molecule has 0 saturated heterocycles. The van der Waals surface area contributed by atoms with Crippen LogP contribution in [0, 0.1) is 5.92 Å². The highest BCUT2D eigenvalue weighted by Gasteiger charge is 2.49. The van der Waals surface area contributed by atoms with Crippen molar-refractivity contribution in [3.8, 4) is 0 Å². The largest absolute Gasteiger partial charge is 0.368 e. The second-order valence-corrected chi connectivity index (χ2v) is 6.37. The molecule has 1 fully saturated rings. The van der Waals surface area contributed by atoms with E-state index in [-0.39, 0.29) is 23.6 Å². The molecule has 0 aliphatic heterocycles. The van der Waals surface area contributed by atoms with Crippen molar-refractivity contribution in [2.75, 3.05) is 12.8 Å². The Labute approximate surface area is 121 Å². The molecular formula is C12H21N5O2S. The van der Waals surface area contributed by atoms with Crippen LogP contribution in [-0.4, -0.2) is 39.0 Å². The molecule has 112 valence electrons. The lowest BCUT2D eigenvalue weighted by atomic mass is 9.95. The summed E-state index contributed by atoms with van der Waals surface area (Å²) in [5.41, 5.74) is 4.62. The predicted molar refractivity (Wildman–Crippen MR) is 77.7 cm³/mol. The molecular weight excluding hydrogens is 278 g/mol. The number of nitrogens with zero attached hydrogens (tertiary/aromatic N) is 2. The molecule has 1 aliphatic rings. The Morgan fingerprint density at radius 1 is 1.65 bits per heavy atom. The van der Waals surface area contributed by atoms with Crippen molar-refractivity contribution in [3.63, 3.8) is 0 Å². The number of aromatic amines is 1. The van der Waals surface area contributed by atoms with Crippen LogP contribution < -0.4 is 16.7 Å². The Hall–Kier alpha value is -1.28. The SMILES string of the molecule is CNC(CSc1n[nH]c(=O)n1C(C)C)(C(N)=O)C1CC1. The van der Waals surface area contributed by atoms with E-state index in [1.54, 1.807) is 11.6 Å². The smallest absolute Gasteiger partial charge is 0.344 e. The summed E-state index contributed by atoms with van der Waals surface area (Å²) in [5, 5.41) is 10.1. The molecule has 0 bridgehead atoms. The molecule has 1 atom stereocenters.